The van der Waals surface area contributed by atoms with Crippen molar-refractivity contribution in [2.75, 3.05) is 5.32 Å². The minimum atomic E-state index is -0.0843. The fraction of sp³-hybridized carbons (Fsp3) is 0. The van der Waals surface area contributed by atoms with E-state index >= 15 is 0 Å². The molecule has 2 nitrogen and oxygen atoms in total. The molecule has 0 atom stereocenters. The number of hydrogen-bond acceptors (Lipinski definition) is 1. The fourth-order valence-electron chi connectivity index (χ4n) is 1.38. The number of rotatable bonds is 4. The number of anilines is 1. The predicted octanol–water partition coefficient (Wildman–Crippen LogP) is 2.17. The van der Waals surface area contributed by atoms with E-state index in [4.69, 9.17) is 0 Å². The molecule has 0 saturated carbocycles. The van der Waals surface area contributed by atoms with Crippen LogP contribution in [0.4, 0.5) is 5.69 Å². The summed E-state index contributed by atoms with van der Waals surface area (Å²) >= 11 is 0.204. The van der Waals surface area contributed by atoms with Gasteiger partial charge >= 0.3 is 113 Å². The molecular formula is C15H13NOSe. The number of hydrogen-bond donors (Lipinski definition) is 1. The molecular weight excluding hydrogens is 289 g/mol. The van der Waals surface area contributed by atoms with Gasteiger partial charge in [-0.25, -0.2) is 0 Å². The molecule has 0 saturated heterocycles. The number of para-hydroxylation sites is 1. The summed E-state index contributed by atoms with van der Waals surface area (Å²) < 4.78 is 1.26. The molecule has 0 radical (unpaired) electrons. The maximum atomic E-state index is 11.6. The van der Waals surface area contributed by atoms with Gasteiger partial charge in [-0.3, -0.25) is 0 Å². The van der Waals surface area contributed by atoms with E-state index in [-0.39, 0.29) is 20.9 Å². The van der Waals surface area contributed by atoms with Crippen molar-refractivity contribution in [3.8, 4) is 0 Å². The van der Waals surface area contributed by atoms with Crippen molar-refractivity contribution in [3.05, 3.63) is 71.7 Å². The van der Waals surface area contributed by atoms with E-state index in [0.29, 0.717) is 0 Å². The van der Waals surface area contributed by atoms with Gasteiger partial charge in [0.2, 0.25) is 0 Å². The van der Waals surface area contributed by atoms with E-state index in [1.807, 2.05) is 53.5 Å². The summed E-state index contributed by atoms with van der Waals surface area (Å²) in [4.78, 5) is 13.5. The van der Waals surface area contributed by atoms with Crippen molar-refractivity contribution in [2.24, 2.45) is 0 Å². The molecule has 90 valence electrons. The molecule has 1 N–H and O–H groups in total. The van der Waals surface area contributed by atoms with Gasteiger partial charge in [0.25, 0.3) is 0 Å². The van der Waals surface area contributed by atoms with Crippen LogP contribution in [0.5, 0.6) is 0 Å². The summed E-state index contributed by atoms with van der Waals surface area (Å²) in [5, 5.41) is 2.81. The average molecular weight is 302 g/mol. The van der Waals surface area contributed by atoms with Crippen LogP contribution in [0.2, 0.25) is 0 Å². The number of benzene rings is 2. The van der Waals surface area contributed by atoms with Crippen LogP contribution >= 0.6 is 0 Å². The van der Waals surface area contributed by atoms with Gasteiger partial charge in [-0.1, -0.05) is 0 Å². The molecule has 0 heterocycles. The SMILES string of the molecule is O=C(/C=C\[Se]c1ccccc1)Nc1ccccc1. The van der Waals surface area contributed by atoms with Crippen molar-refractivity contribution in [3.63, 3.8) is 0 Å². The number of carbonyl (C=O) groups is 1. The minimum absolute atomic E-state index is 0.0843. The summed E-state index contributed by atoms with van der Waals surface area (Å²) in [6, 6.07) is 19.6. The zero-order valence-electron chi connectivity index (χ0n) is 9.74. The van der Waals surface area contributed by atoms with Gasteiger partial charge in [-0.05, 0) is 0 Å². The second kappa shape index (κ2) is 6.80. The Morgan fingerprint density at radius 1 is 0.944 bits per heavy atom. The number of carbonyl (C=O) groups excluding carboxylic acids is 1. The second-order valence-electron chi connectivity index (χ2n) is 3.59. The molecule has 0 aromatic heterocycles. The summed E-state index contributed by atoms with van der Waals surface area (Å²) in [5.74, 6) is -0.0843. The maximum absolute atomic E-state index is 11.6. The van der Waals surface area contributed by atoms with Crippen molar-refractivity contribution >= 4 is 31.0 Å². The van der Waals surface area contributed by atoms with E-state index in [9.17, 15) is 4.79 Å². The first-order chi connectivity index (χ1) is 8.84. The van der Waals surface area contributed by atoms with Crippen LogP contribution in [0.3, 0.4) is 0 Å². The second-order valence-corrected chi connectivity index (χ2v) is 5.64. The van der Waals surface area contributed by atoms with Crippen molar-refractivity contribution in [1.82, 2.24) is 0 Å². The van der Waals surface area contributed by atoms with E-state index in [1.54, 1.807) is 6.08 Å². The molecule has 0 aliphatic carbocycles. The van der Waals surface area contributed by atoms with E-state index in [2.05, 4.69) is 17.4 Å². The van der Waals surface area contributed by atoms with Crippen LogP contribution in [0, 0.1) is 0 Å². The Morgan fingerprint density at radius 2 is 1.56 bits per heavy atom. The molecule has 3 heteroatoms. The Labute approximate surface area is 113 Å². The van der Waals surface area contributed by atoms with Crippen LogP contribution in [-0.2, 0) is 4.79 Å². The van der Waals surface area contributed by atoms with Crippen molar-refractivity contribution in [1.29, 1.82) is 0 Å². The summed E-state index contributed by atoms with van der Waals surface area (Å²) in [7, 11) is 0. The van der Waals surface area contributed by atoms with E-state index in [1.165, 1.54) is 4.46 Å². The van der Waals surface area contributed by atoms with Gasteiger partial charge in [0, 0.05) is 0 Å². The first kappa shape index (κ1) is 12.6. The molecule has 2 rings (SSSR count). The monoisotopic (exact) mass is 303 g/mol. The Morgan fingerprint density at radius 3 is 2.22 bits per heavy atom. The predicted molar refractivity (Wildman–Crippen MR) is 76.0 cm³/mol. The first-order valence-electron chi connectivity index (χ1n) is 5.59. The zero-order chi connectivity index (χ0) is 12.6. The molecule has 0 unspecified atom stereocenters. The Kier molecular flexibility index (Phi) is 4.77. The van der Waals surface area contributed by atoms with Gasteiger partial charge < -0.3 is 0 Å². The fourth-order valence-corrected chi connectivity index (χ4v) is 2.77. The van der Waals surface area contributed by atoms with Crippen LogP contribution in [0.1, 0.15) is 0 Å². The zero-order valence-corrected chi connectivity index (χ0v) is 11.5. The summed E-state index contributed by atoms with van der Waals surface area (Å²) in [5.41, 5.74) is 0.819. The molecule has 0 aliphatic rings. The standard InChI is InChI=1S/C15H13NOSe/c17-15(16-13-7-3-1-4-8-13)11-12-18-14-9-5-2-6-10-14/h1-12H,(H,16,17)/b12-11-. The third kappa shape index (κ3) is 4.21. The van der Waals surface area contributed by atoms with Crippen LogP contribution in [0.25, 0.3) is 0 Å². The molecule has 0 bridgehead atoms. The van der Waals surface area contributed by atoms with Gasteiger partial charge in [0.05, 0.1) is 0 Å². The molecule has 18 heavy (non-hydrogen) atoms. The molecule has 1 amide bonds. The van der Waals surface area contributed by atoms with Gasteiger partial charge in [0.15, 0.2) is 0 Å². The average Bonchev–Trinajstić information content (AvgIpc) is 2.41. The molecule has 2 aromatic rings. The van der Waals surface area contributed by atoms with Gasteiger partial charge in [-0.2, -0.15) is 0 Å². The van der Waals surface area contributed by atoms with Crippen molar-refractivity contribution in [2.45, 2.75) is 0 Å². The van der Waals surface area contributed by atoms with Crippen LogP contribution in [0.15, 0.2) is 71.7 Å². The molecule has 2 aromatic carbocycles. The Bertz CT molecular complexity index is 523. The summed E-state index contributed by atoms with van der Waals surface area (Å²) in [6.45, 7) is 0. The third-order valence-corrected chi connectivity index (χ3v) is 3.92. The molecule has 0 fully saturated rings. The topological polar surface area (TPSA) is 29.1 Å². The van der Waals surface area contributed by atoms with E-state index in [0.717, 1.165) is 5.69 Å². The Balaban J connectivity index is 1.85. The molecule has 0 aliphatic heterocycles. The van der Waals surface area contributed by atoms with Gasteiger partial charge in [-0.15, -0.1) is 0 Å². The number of amides is 1. The van der Waals surface area contributed by atoms with E-state index < -0.39 is 0 Å². The van der Waals surface area contributed by atoms with Crippen molar-refractivity contribution < 1.29 is 4.79 Å². The van der Waals surface area contributed by atoms with Gasteiger partial charge in [0.1, 0.15) is 0 Å². The summed E-state index contributed by atoms with van der Waals surface area (Å²) in [6.07, 6.45) is 1.60. The first-order valence-corrected chi connectivity index (χ1v) is 7.43. The van der Waals surface area contributed by atoms with Crippen LogP contribution < -0.4 is 9.78 Å². The number of nitrogens with one attached hydrogen (secondary N) is 1. The third-order valence-electron chi connectivity index (χ3n) is 2.21. The molecule has 0 spiro atoms. The van der Waals surface area contributed by atoms with Crippen LogP contribution in [-0.4, -0.2) is 20.9 Å². The normalized spacial score (nSPS) is 10.4. The quantitative estimate of drug-likeness (QED) is 0.680. The Hall–Kier alpha value is -1.83.